The Morgan fingerprint density at radius 2 is 1.75 bits per heavy atom. The van der Waals surface area contributed by atoms with E-state index in [1.807, 2.05) is 54.6 Å². The molecule has 9 nitrogen and oxygen atoms in total. The molecule has 1 N–H and O–H groups in total. The minimum atomic E-state index is -0.427. The monoisotopic (exact) mass is 432 g/mol. The molecule has 32 heavy (non-hydrogen) atoms. The molecular formula is C23H24N6O3. The van der Waals surface area contributed by atoms with E-state index in [2.05, 4.69) is 15.5 Å². The minimum Gasteiger partial charge on any atom is -0.497 e. The fourth-order valence-corrected chi connectivity index (χ4v) is 3.49. The van der Waals surface area contributed by atoms with E-state index in [0.717, 1.165) is 21.4 Å². The number of imidazole rings is 1. The maximum atomic E-state index is 12.9. The normalized spacial score (nSPS) is 11.3. The van der Waals surface area contributed by atoms with Gasteiger partial charge in [-0.15, -0.1) is 0 Å². The van der Waals surface area contributed by atoms with Gasteiger partial charge in [-0.1, -0.05) is 30.3 Å². The average Bonchev–Trinajstić information content (AvgIpc) is 3.19. The summed E-state index contributed by atoms with van der Waals surface area (Å²) in [5, 5.41) is 4.29. The molecule has 0 radical (unpaired) electrons. The zero-order chi connectivity index (χ0) is 22.7. The molecule has 4 aromatic rings. The predicted octanol–water partition coefficient (Wildman–Crippen LogP) is 2.13. The summed E-state index contributed by atoms with van der Waals surface area (Å²) in [6, 6.07) is 17.4. The molecule has 0 aliphatic rings. The van der Waals surface area contributed by atoms with E-state index in [-0.39, 0.29) is 0 Å². The molecule has 0 spiro atoms. The average molecular weight is 432 g/mol. The molecule has 0 bridgehead atoms. The van der Waals surface area contributed by atoms with Crippen LogP contribution in [0.25, 0.3) is 11.2 Å². The molecule has 0 unspecified atom stereocenters. The van der Waals surface area contributed by atoms with Gasteiger partial charge in [-0.2, -0.15) is 10.1 Å². The van der Waals surface area contributed by atoms with Gasteiger partial charge >= 0.3 is 5.69 Å². The summed E-state index contributed by atoms with van der Waals surface area (Å²) in [6.07, 6.45) is 2.34. The van der Waals surface area contributed by atoms with E-state index in [1.54, 1.807) is 24.9 Å². The van der Waals surface area contributed by atoms with Crippen LogP contribution in [0, 0.1) is 0 Å². The van der Waals surface area contributed by atoms with Crippen molar-refractivity contribution in [2.75, 3.05) is 12.5 Å². The van der Waals surface area contributed by atoms with E-state index >= 15 is 0 Å². The number of aromatic nitrogens is 4. The van der Waals surface area contributed by atoms with Crippen LogP contribution in [0.2, 0.25) is 0 Å². The summed E-state index contributed by atoms with van der Waals surface area (Å²) in [7, 11) is 4.68. The van der Waals surface area contributed by atoms with Crippen LogP contribution < -0.4 is 21.4 Å². The number of nitrogens with zero attached hydrogens (tertiary/aromatic N) is 5. The third-order valence-electron chi connectivity index (χ3n) is 5.31. The van der Waals surface area contributed by atoms with Crippen LogP contribution in [-0.4, -0.2) is 32.0 Å². The van der Waals surface area contributed by atoms with Gasteiger partial charge < -0.3 is 9.30 Å². The van der Waals surface area contributed by atoms with Gasteiger partial charge in [0.15, 0.2) is 11.2 Å². The topological polar surface area (TPSA) is 95.4 Å². The first kappa shape index (κ1) is 21.1. The standard InChI is InChI=1S/C23H24N6O3/c1-27-20-19(21(30)28(2)23(27)31)29(14-13-16-7-5-4-6-8-16)22(25-20)26-24-15-17-9-11-18(32-3)12-10-17/h4-12,15H,13-14H2,1-3H3,(H,25,26)/b24-15-. The summed E-state index contributed by atoms with van der Waals surface area (Å²) < 4.78 is 9.40. The molecule has 0 aliphatic heterocycles. The number of hydrogen-bond donors (Lipinski definition) is 1. The molecule has 2 heterocycles. The largest absolute Gasteiger partial charge is 0.497 e. The molecule has 0 aliphatic carbocycles. The third kappa shape index (κ3) is 4.04. The number of methoxy groups -OCH3 is 1. The van der Waals surface area contributed by atoms with Crippen molar-refractivity contribution < 1.29 is 4.74 Å². The van der Waals surface area contributed by atoms with Crippen molar-refractivity contribution in [3.05, 3.63) is 86.6 Å². The molecular weight excluding hydrogens is 408 g/mol. The van der Waals surface area contributed by atoms with Crippen molar-refractivity contribution in [2.24, 2.45) is 19.2 Å². The summed E-state index contributed by atoms with van der Waals surface area (Å²) in [4.78, 5) is 29.8. The fourth-order valence-electron chi connectivity index (χ4n) is 3.49. The van der Waals surface area contributed by atoms with Crippen LogP contribution >= 0.6 is 0 Å². The van der Waals surface area contributed by atoms with Crippen LogP contribution in [-0.2, 0) is 27.1 Å². The first-order valence-electron chi connectivity index (χ1n) is 10.1. The highest BCUT2D eigenvalue weighted by atomic mass is 16.5. The highest BCUT2D eigenvalue weighted by Crippen LogP contribution is 2.17. The molecule has 0 saturated carbocycles. The quantitative estimate of drug-likeness (QED) is 0.357. The summed E-state index contributed by atoms with van der Waals surface area (Å²) >= 11 is 0. The molecule has 0 fully saturated rings. The molecule has 0 saturated heterocycles. The number of fused-ring (bicyclic) bond motifs is 1. The number of nitrogens with one attached hydrogen (secondary N) is 1. The van der Waals surface area contributed by atoms with Crippen molar-refractivity contribution in [3.63, 3.8) is 0 Å². The Balaban J connectivity index is 1.71. The number of anilines is 1. The maximum absolute atomic E-state index is 12.9. The minimum absolute atomic E-state index is 0.313. The Labute approximate surface area is 184 Å². The van der Waals surface area contributed by atoms with Crippen LogP contribution in [0.5, 0.6) is 5.75 Å². The highest BCUT2D eigenvalue weighted by Gasteiger charge is 2.18. The van der Waals surface area contributed by atoms with Gasteiger partial charge in [0, 0.05) is 20.6 Å². The van der Waals surface area contributed by atoms with Crippen molar-refractivity contribution in [3.8, 4) is 5.75 Å². The number of rotatable bonds is 7. The summed E-state index contributed by atoms with van der Waals surface area (Å²) in [5.74, 6) is 1.15. The van der Waals surface area contributed by atoms with Gasteiger partial charge in [0.2, 0.25) is 5.95 Å². The van der Waals surface area contributed by atoms with Gasteiger partial charge in [0.25, 0.3) is 5.56 Å². The maximum Gasteiger partial charge on any atom is 0.332 e. The molecule has 9 heteroatoms. The molecule has 4 rings (SSSR count). The lowest BCUT2D eigenvalue weighted by molar-refractivity contribution is 0.415. The first-order valence-corrected chi connectivity index (χ1v) is 10.1. The van der Waals surface area contributed by atoms with Gasteiger partial charge in [0.1, 0.15) is 5.75 Å². The van der Waals surface area contributed by atoms with Gasteiger partial charge in [0.05, 0.1) is 13.3 Å². The second-order valence-electron chi connectivity index (χ2n) is 7.34. The van der Waals surface area contributed by atoms with Crippen LogP contribution in [0.4, 0.5) is 5.95 Å². The fraction of sp³-hybridized carbons (Fsp3) is 0.217. The van der Waals surface area contributed by atoms with Gasteiger partial charge in [-0.25, -0.2) is 10.2 Å². The number of benzene rings is 2. The zero-order valence-corrected chi connectivity index (χ0v) is 18.1. The van der Waals surface area contributed by atoms with E-state index in [1.165, 1.54) is 11.6 Å². The van der Waals surface area contributed by atoms with E-state index in [0.29, 0.717) is 30.1 Å². The second kappa shape index (κ2) is 8.93. The number of ether oxygens (including phenoxy) is 1. The van der Waals surface area contributed by atoms with Crippen molar-refractivity contribution in [1.82, 2.24) is 18.7 Å². The Bertz CT molecular complexity index is 1380. The van der Waals surface area contributed by atoms with E-state index in [4.69, 9.17) is 4.74 Å². The lowest BCUT2D eigenvalue weighted by Gasteiger charge is -2.09. The Kier molecular flexibility index (Phi) is 5.89. The summed E-state index contributed by atoms with van der Waals surface area (Å²) in [6.45, 7) is 0.494. The highest BCUT2D eigenvalue weighted by molar-refractivity contribution is 5.80. The summed E-state index contributed by atoms with van der Waals surface area (Å²) in [5.41, 5.74) is 4.78. The van der Waals surface area contributed by atoms with Crippen molar-refractivity contribution >= 4 is 23.3 Å². The van der Waals surface area contributed by atoms with Gasteiger partial charge in [-0.3, -0.25) is 13.9 Å². The van der Waals surface area contributed by atoms with Gasteiger partial charge in [-0.05, 0) is 41.8 Å². The second-order valence-corrected chi connectivity index (χ2v) is 7.34. The van der Waals surface area contributed by atoms with Crippen LogP contribution in [0.3, 0.4) is 0 Å². The number of hydrogen-bond acceptors (Lipinski definition) is 6. The van der Waals surface area contributed by atoms with E-state index < -0.39 is 11.2 Å². The smallest absolute Gasteiger partial charge is 0.332 e. The van der Waals surface area contributed by atoms with E-state index in [9.17, 15) is 9.59 Å². The molecule has 2 aromatic heterocycles. The molecule has 0 amide bonds. The Hall–Kier alpha value is -4.14. The van der Waals surface area contributed by atoms with Crippen molar-refractivity contribution in [2.45, 2.75) is 13.0 Å². The Morgan fingerprint density at radius 3 is 2.44 bits per heavy atom. The number of hydrazone groups is 1. The lowest BCUT2D eigenvalue weighted by Crippen LogP contribution is -2.37. The molecule has 0 atom stereocenters. The zero-order valence-electron chi connectivity index (χ0n) is 18.1. The molecule has 2 aromatic carbocycles. The molecule has 164 valence electrons. The lowest BCUT2D eigenvalue weighted by atomic mass is 10.1. The SMILES string of the molecule is COc1ccc(/C=N\Nc2nc3c(c(=O)n(C)c(=O)n3C)n2CCc2ccccc2)cc1. The predicted molar refractivity (Wildman–Crippen MR) is 125 cm³/mol. The third-order valence-corrected chi connectivity index (χ3v) is 5.31. The van der Waals surface area contributed by atoms with Crippen LogP contribution in [0.1, 0.15) is 11.1 Å². The Morgan fingerprint density at radius 1 is 1.03 bits per heavy atom. The van der Waals surface area contributed by atoms with Crippen LogP contribution in [0.15, 0.2) is 69.3 Å². The van der Waals surface area contributed by atoms with Crippen molar-refractivity contribution in [1.29, 1.82) is 0 Å². The first-order chi connectivity index (χ1) is 15.5. The number of aryl methyl sites for hydroxylation is 3.